The van der Waals surface area contributed by atoms with Crippen LogP contribution in [0.25, 0.3) is 0 Å². The molecule has 1 atom stereocenters. The van der Waals surface area contributed by atoms with E-state index in [4.69, 9.17) is 28.9 Å². The number of amides is 1. The van der Waals surface area contributed by atoms with E-state index in [2.05, 4.69) is 20.4 Å². The molecule has 1 amide bonds. The summed E-state index contributed by atoms with van der Waals surface area (Å²) < 4.78 is 1.55. The molecule has 9 heteroatoms. The molecule has 2 aromatic heterocycles. The Labute approximate surface area is 118 Å². The number of halogens is 2. The molecule has 0 saturated heterocycles. The third-order valence-corrected chi connectivity index (χ3v) is 3.10. The van der Waals surface area contributed by atoms with E-state index < -0.39 is 11.9 Å². The Morgan fingerprint density at radius 1 is 1.47 bits per heavy atom. The van der Waals surface area contributed by atoms with Gasteiger partial charge in [-0.3, -0.25) is 9.48 Å². The summed E-state index contributed by atoms with van der Waals surface area (Å²) in [6, 6.07) is -0.876. The maximum atomic E-state index is 12.0. The zero-order valence-corrected chi connectivity index (χ0v) is 11.4. The minimum absolute atomic E-state index is 0.0573. The molecule has 19 heavy (non-hydrogen) atoms. The second-order valence-corrected chi connectivity index (χ2v) is 4.48. The van der Waals surface area contributed by atoms with E-state index in [0.29, 0.717) is 5.56 Å². The molecular formula is C10H10Cl2N6O. The standard InChI is InChI=1S/C10H10Cl2N6O/c1-18-3-5(2-16-18)7(13)10(19)17-9-6(11)8(12)14-4-15-9/h2-4,7H,13H2,1H3,(H,14,15,17,19). The van der Waals surface area contributed by atoms with Crippen LogP contribution in [-0.2, 0) is 11.8 Å². The third-order valence-electron chi connectivity index (χ3n) is 2.35. The number of nitrogens with two attached hydrogens (primary N) is 1. The number of nitrogens with zero attached hydrogens (tertiary/aromatic N) is 4. The Hall–Kier alpha value is -1.70. The smallest absolute Gasteiger partial charge is 0.247 e. The summed E-state index contributed by atoms with van der Waals surface area (Å²) in [5.41, 5.74) is 6.38. The molecule has 2 heterocycles. The summed E-state index contributed by atoms with van der Waals surface area (Å²) in [5.74, 6) is -0.351. The molecule has 0 aromatic carbocycles. The Bertz CT molecular complexity index is 614. The zero-order chi connectivity index (χ0) is 14.0. The van der Waals surface area contributed by atoms with Gasteiger partial charge in [0.2, 0.25) is 5.91 Å². The van der Waals surface area contributed by atoms with E-state index in [1.54, 1.807) is 17.9 Å². The molecule has 0 fully saturated rings. The van der Waals surface area contributed by atoms with Crippen molar-refractivity contribution in [3.8, 4) is 0 Å². The average Bonchev–Trinajstić information content (AvgIpc) is 2.80. The van der Waals surface area contributed by atoms with Gasteiger partial charge >= 0.3 is 0 Å². The topological polar surface area (TPSA) is 98.7 Å². The number of rotatable bonds is 3. The van der Waals surface area contributed by atoms with Gasteiger partial charge in [0.05, 0.1) is 6.20 Å². The molecule has 0 aliphatic rings. The van der Waals surface area contributed by atoms with Gasteiger partial charge in [0, 0.05) is 18.8 Å². The minimum atomic E-state index is -0.876. The zero-order valence-electron chi connectivity index (χ0n) is 9.84. The lowest BCUT2D eigenvalue weighted by atomic mass is 10.1. The summed E-state index contributed by atoms with van der Waals surface area (Å²) in [5, 5.41) is 6.56. The highest BCUT2D eigenvalue weighted by Crippen LogP contribution is 2.26. The predicted octanol–water partition coefficient (Wildman–Crippen LogP) is 1.16. The lowest BCUT2D eigenvalue weighted by molar-refractivity contribution is -0.117. The van der Waals surface area contributed by atoms with Crippen LogP contribution in [0.2, 0.25) is 10.2 Å². The monoisotopic (exact) mass is 300 g/mol. The van der Waals surface area contributed by atoms with Crippen molar-refractivity contribution in [3.05, 3.63) is 34.5 Å². The molecule has 0 saturated carbocycles. The Morgan fingerprint density at radius 3 is 2.84 bits per heavy atom. The normalized spacial score (nSPS) is 12.2. The van der Waals surface area contributed by atoms with Crippen LogP contribution >= 0.6 is 23.2 Å². The molecule has 0 radical (unpaired) electrons. The molecule has 0 aliphatic carbocycles. The number of nitrogens with one attached hydrogen (secondary N) is 1. The fourth-order valence-corrected chi connectivity index (χ4v) is 1.66. The first-order valence-corrected chi connectivity index (χ1v) is 5.95. The molecule has 2 aromatic rings. The van der Waals surface area contributed by atoms with Gasteiger partial charge < -0.3 is 11.1 Å². The van der Waals surface area contributed by atoms with Crippen LogP contribution in [0.5, 0.6) is 0 Å². The van der Waals surface area contributed by atoms with Crippen molar-refractivity contribution in [2.75, 3.05) is 5.32 Å². The predicted molar refractivity (Wildman–Crippen MR) is 70.8 cm³/mol. The fourth-order valence-electron chi connectivity index (χ4n) is 1.38. The summed E-state index contributed by atoms with van der Waals surface area (Å²) in [6.45, 7) is 0. The molecule has 2 rings (SSSR count). The number of carbonyl (C=O) groups excluding carboxylic acids is 1. The van der Waals surface area contributed by atoms with Crippen molar-refractivity contribution in [1.29, 1.82) is 0 Å². The maximum Gasteiger partial charge on any atom is 0.247 e. The van der Waals surface area contributed by atoms with E-state index in [9.17, 15) is 4.79 Å². The van der Waals surface area contributed by atoms with Crippen LogP contribution in [0, 0.1) is 0 Å². The van der Waals surface area contributed by atoms with E-state index in [0.717, 1.165) is 0 Å². The van der Waals surface area contributed by atoms with Crippen LogP contribution in [0.4, 0.5) is 5.82 Å². The molecule has 0 bridgehead atoms. The van der Waals surface area contributed by atoms with Crippen molar-refractivity contribution < 1.29 is 4.79 Å². The molecule has 0 spiro atoms. The number of anilines is 1. The Kier molecular flexibility index (Phi) is 3.98. The molecule has 0 aliphatic heterocycles. The minimum Gasteiger partial charge on any atom is -0.316 e. The highest BCUT2D eigenvalue weighted by atomic mass is 35.5. The summed E-state index contributed by atoms with van der Waals surface area (Å²) in [6.07, 6.45) is 4.36. The Balaban J connectivity index is 2.15. The fraction of sp³-hybridized carbons (Fsp3) is 0.200. The van der Waals surface area contributed by atoms with Gasteiger partial charge in [-0.25, -0.2) is 9.97 Å². The number of carbonyl (C=O) groups is 1. The SMILES string of the molecule is Cn1cc(C(N)C(=O)Nc2ncnc(Cl)c2Cl)cn1. The van der Waals surface area contributed by atoms with Crippen LogP contribution in [0.3, 0.4) is 0 Å². The Morgan fingerprint density at radius 2 is 2.21 bits per heavy atom. The van der Waals surface area contributed by atoms with Gasteiger partial charge in [-0.1, -0.05) is 23.2 Å². The third kappa shape index (κ3) is 3.01. The van der Waals surface area contributed by atoms with Crippen molar-refractivity contribution in [2.24, 2.45) is 12.8 Å². The van der Waals surface area contributed by atoms with Gasteiger partial charge in [0.15, 0.2) is 11.0 Å². The number of aromatic nitrogens is 4. The first-order chi connectivity index (χ1) is 8.99. The van der Waals surface area contributed by atoms with Gasteiger partial charge in [-0.15, -0.1) is 0 Å². The van der Waals surface area contributed by atoms with Crippen molar-refractivity contribution in [3.63, 3.8) is 0 Å². The van der Waals surface area contributed by atoms with Crippen LogP contribution in [0.15, 0.2) is 18.7 Å². The van der Waals surface area contributed by atoms with Crippen LogP contribution in [-0.4, -0.2) is 25.7 Å². The van der Waals surface area contributed by atoms with Gasteiger partial charge in [-0.2, -0.15) is 5.10 Å². The quantitative estimate of drug-likeness (QED) is 0.829. The number of hydrogen-bond acceptors (Lipinski definition) is 5. The molecule has 3 N–H and O–H groups in total. The highest BCUT2D eigenvalue weighted by molar-refractivity contribution is 6.42. The maximum absolute atomic E-state index is 12.0. The first kappa shape index (κ1) is 13.7. The molecule has 1 unspecified atom stereocenters. The number of aryl methyl sites for hydroxylation is 1. The number of hydrogen-bond donors (Lipinski definition) is 2. The first-order valence-electron chi connectivity index (χ1n) is 5.20. The summed E-state index contributed by atoms with van der Waals surface area (Å²) >= 11 is 11.6. The van der Waals surface area contributed by atoms with Crippen molar-refractivity contribution in [2.45, 2.75) is 6.04 Å². The molecule has 7 nitrogen and oxygen atoms in total. The van der Waals surface area contributed by atoms with Gasteiger partial charge in [-0.05, 0) is 0 Å². The largest absolute Gasteiger partial charge is 0.316 e. The second kappa shape index (κ2) is 5.52. The van der Waals surface area contributed by atoms with E-state index in [1.807, 2.05) is 0 Å². The van der Waals surface area contributed by atoms with E-state index in [-0.39, 0.29) is 16.0 Å². The van der Waals surface area contributed by atoms with Crippen molar-refractivity contribution in [1.82, 2.24) is 19.7 Å². The average molecular weight is 301 g/mol. The highest BCUT2D eigenvalue weighted by Gasteiger charge is 2.19. The van der Waals surface area contributed by atoms with E-state index in [1.165, 1.54) is 12.5 Å². The van der Waals surface area contributed by atoms with Crippen LogP contribution < -0.4 is 11.1 Å². The molecular weight excluding hydrogens is 291 g/mol. The second-order valence-electron chi connectivity index (χ2n) is 3.74. The molecule has 100 valence electrons. The van der Waals surface area contributed by atoms with Gasteiger partial charge in [0.1, 0.15) is 17.4 Å². The van der Waals surface area contributed by atoms with Crippen LogP contribution in [0.1, 0.15) is 11.6 Å². The lowest BCUT2D eigenvalue weighted by Gasteiger charge is -2.10. The lowest BCUT2D eigenvalue weighted by Crippen LogP contribution is -2.28. The van der Waals surface area contributed by atoms with Crippen molar-refractivity contribution >= 4 is 34.9 Å². The van der Waals surface area contributed by atoms with E-state index >= 15 is 0 Å². The van der Waals surface area contributed by atoms with Gasteiger partial charge in [0.25, 0.3) is 0 Å². The summed E-state index contributed by atoms with van der Waals surface area (Å²) in [7, 11) is 1.73. The summed E-state index contributed by atoms with van der Waals surface area (Å²) in [4.78, 5) is 19.5.